The molecule has 1 aliphatic heterocycles. The van der Waals surface area contributed by atoms with Crippen molar-refractivity contribution in [3.63, 3.8) is 0 Å². The second kappa shape index (κ2) is 13.1. The van der Waals surface area contributed by atoms with Gasteiger partial charge in [0.25, 0.3) is 5.56 Å². The smallest absolute Gasteiger partial charge is 0.459 e. The number of aliphatic hydroxyl groups excluding tert-OH is 1. The summed E-state index contributed by atoms with van der Waals surface area (Å²) in [5, 5.41) is 16.6. The second-order valence-electron chi connectivity index (χ2n) is 8.03. The van der Waals surface area contributed by atoms with Crippen LogP contribution in [0.25, 0.3) is 16.3 Å². The standard InChI is InChI=1S/C22H27N6O9P/c1-3-4-12-34-21(31)14(2)26-38(33,37-15-8-6-5-7-9-15)35-13-16-19(30)18(25-27-23)20(36-16)28-11-10-17(29)24-22(28)32/h5-11,14,16,19,30H,3-4,12-13H2,1-2H3,(H,26,33)(H,24,29,32)/t14-,16+,19+,38?/m0/s1. The van der Waals surface area contributed by atoms with E-state index in [9.17, 15) is 24.1 Å². The van der Waals surface area contributed by atoms with E-state index in [1.165, 1.54) is 19.1 Å². The predicted molar refractivity (Wildman–Crippen MR) is 134 cm³/mol. The first-order valence-electron chi connectivity index (χ1n) is 11.6. The number of carbonyl (C=O) groups is 1. The Morgan fingerprint density at radius 3 is 2.74 bits per heavy atom. The zero-order valence-electron chi connectivity index (χ0n) is 20.6. The molecule has 16 heteroatoms. The van der Waals surface area contributed by atoms with Gasteiger partial charge in [-0.25, -0.2) is 13.9 Å². The highest BCUT2D eigenvalue weighted by Gasteiger charge is 2.40. The van der Waals surface area contributed by atoms with Crippen LogP contribution in [0.2, 0.25) is 0 Å². The maximum atomic E-state index is 13.7. The minimum Gasteiger partial charge on any atom is -0.469 e. The largest absolute Gasteiger partial charge is 0.469 e. The van der Waals surface area contributed by atoms with Gasteiger partial charge in [-0.1, -0.05) is 36.7 Å². The molecule has 1 unspecified atom stereocenters. The summed E-state index contributed by atoms with van der Waals surface area (Å²) in [5.41, 5.74) is 6.96. The number of esters is 1. The Balaban J connectivity index is 1.80. The van der Waals surface area contributed by atoms with Crippen molar-refractivity contribution in [3.05, 3.63) is 79.6 Å². The van der Waals surface area contributed by atoms with Crippen LogP contribution < -0.4 is 20.9 Å². The van der Waals surface area contributed by atoms with Crippen molar-refractivity contribution in [1.29, 1.82) is 0 Å². The summed E-state index contributed by atoms with van der Waals surface area (Å²) in [7, 11) is -4.29. The number of aromatic amines is 1. The quantitative estimate of drug-likeness (QED) is 0.0827. The van der Waals surface area contributed by atoms with Gasteiger partial charge in [-0.2, -0.15) is 5.09 Å². The monoisotopic (exact) mass is 550 g/mol. The Hall–Kier alpha value is -3.87. The van der Waals surface area contributed by atoms with E-state index in [4.69, 9.17) is 24.1 Å². The number of unbranched alkanes of at least 4 members (excludes halogenated alkanes) is 1. The van der Waals surface area contributed by atoms with Crippen molar-refractivity contribution in [3.8, 4) is 5.75 Å². The van der Waals surface area contributed by atoms with Crippen LogP contribution in [0, 0.1) is 0 Å². The van der Waals surface area contributed by atoms with E-state index in [2.05, 4.69) is 15.1 Å². The first kappa shape index (κ1) is 28.7. The van der Waals surface area contributed by atoms with Gasteiger partial charge in [-0.3, -0.25) is 19.1 Å². The Morgan fingerprint density at radius 2 is 2.08 bits per heavy atom. The van der Waals surface area contributed by atoms with Crippen molar-refractivity contribution in [2.75, 3.05) is 13.2 Å². The molecule has 0 radical (unpaired) electrons. The van der Waals surface area contributed by atoms with Crippen molar-refractivity contribution in [1.82, 2.24) is 14.6 Å². The van der Waals surface area contributed by atoms with Gasteiger partial charge in [0.05, 0.1) is 13.2 Å². The van der Waals surface area contributed by atoms with Gasteiger partial charge in [-0.05, 0) is 31.0 Å². The molecule has 0 saturated carbocycles. The topological polar surface area (TPSA) is 207 Å². The van der Waals surface area contributed by atoms with Crippen molar-refractivity contribution in [2.24, 2.45) is 5.11 Å². The minimum atomic E-state index is -4.29. The van der Waals surface area contributed by atoms with Crippen LogP contribution in [0.4, 0.5) is 0 Å². The predicted octanol–water partition coefficient (Wildman–Crippen LogP) is 2.26. The summed E-state index contributed by atoms with van der Waals surface area (Å²) in [6, 6.07) is 7.95. The Morgan fingerprint density at radius 1 is 1.34 bits per heavy atom. The Kier molecular flexibility index (Phi) is 9.88. The molecular weight excluding hydrogens is 523 g/mol. The zero-order valence-corrected chi connectivity index (χ0v) is 21.4. The third kappa shape index (κ3) is 7.34. The summed E-state index contributed by atoms with van der Waals surface area (Å²) in [5.74, 6) is -0.871. The third-order valence-corrected chi connectivity index (χ3v) is 6.78. The molecule has 204 valence electrons. The number of azide groups is 1. The number of carbonyl (C=O) groups excluding carboxylic acids is 1. The van der Waals surface area contributed by atoms with E-state index in [-0.39, 0.29) is 23.9 Å². The summed E-state index contributed by atoms with van der Waals surface area (Å²) in [4.78, 5) is 40.6. The van der Waals surface area contributed by atoms with Crippen LogP contribution in [0.3, 0.4) is 0 Å². The minimum absolute atomic E-state index is 0.163. The van der Waals surface area contributed by atoms with E-state index in [0.29, 0.717) is 6.42 Å². The van der Waals surface area contributed by atoms with E-state index in [1.807, 2.05) is 11.9 Å². The van der Waals surface area contributed by atoms with Gasteiger partial charge in [0.1, 0.15) is 23.6 Å². The average molecular weight is 550 g/mol. The van der Waals surface area contributed by atoms with Gasteiger partial charge in [0, 0.05) is 17.2 Å². The molecule has 2 heterocycles. The zero-order chi connectivity index (χ0) is 27.7. The number of benzene rings is 1. The summed E-state index contributed by atoms with van der Waals surface area (Å²) < 4.78 is 36.3. The average Bonchev–Trinajstić information content (AvgIpc) is 3.18. The lowest BCUT2D eigenvalue weighted by atomic mass is 10.2. The summed E-state index contributed by atoms with van der Waals surface area (Å²) >= 11 is 0. The fourth-order valence-electron chi connectivity index (χ4n) is 3.22. The summed E-state index contributed by atoms with van der Waals surface area (Å²) in [6.45, 7) is 2.95. The number of aromatic nitrogens is 2. The molecule has 0 saturated heterocycles. The molecule has 1 aromatic carbocycles. The number of hydrogen-bond acceptors (Lipinski definition) is 10. The van der Waals surface area contributed by atoms with Gasteiger partial charge in [0.15, 0.2) is 6.10 Å². The van der Waals surface area contributed by atoms with Crippen LogP contribution in [-0.2, 0) is 23.4 Å². The van der Waals surface area contributed by atoms with Gasteiger partial charge in [-0.15, -0.1) is 0 Å². The van der Waals surface area contributed by atoms with Crippen LogP contribution >= 0.6 is 7.75 Å². The Labute approximate surface area is 216 Å². The lowest BCUT2D eigenvalue weighted by molar-refractivity contribution is -0.145. The molecule has 0 amide bonds. The van der Waals surface area contributed by atoms with Gasteiger partial charge < -0.3 is 19.1 Å². The molecule has 0 aliphatic carbocycles. The molecule has 3 rings (SSSR count). The highest BCUT2D eigenvalue weighted by molar-refractivity contribution is 7.52. The molecule has 1 aliphatic rings. The number of nitrogens with one attached hydrogen (secondary N) is 2. The SMILES string of the molecule is CCCCOC(=O)[C@H](C)NP(=O)(OC[C@H]1OC(n2ccc(=O)[nH]c2=O)=C(N=[N+]=[N-])[C@@H]1O)Oc1ccccc1. The maximum Gasteiger partial charge on any atom is 0.459 e. The molecule has 15 nitrogen and oxygen atoms in total. The van der Waals surface area contributed by atoms with E-state index in [1.54, 1.807) is 18.2 Å². The van der Waals surface area contributed by atoms with E-state index in [0.717, 1.165) is 23.3 Å². The number of para-hydroxylation sites is 1. The maximum absolute atomic E-state index is 13.7. The normalized spacial score (nSPS) is 19.1. The lowest BCUT2D eigenvalue weighted by Gasteiger charge is -2.25. The number of rotatable bonds is 13. The molecule has 0 bridgehead atoms. The number of hydrogen-bond donors (Lipinski definition) is 3. The molecule has 3 N–H and O–H groups in total. The first-order valence-corrected chi connectivity index (χ1v) is 13.1. The molecule has 38 heavy (non-hydrogen) atoms. The van der Waals surface area contributed by atoms with Crippen LogP contribution in [0.15, 0.2) is 63.0 Å². The van der Waals surface area contributed by atoms with Crippen LogP contribution in [-0.4, -0.2) is 52.1 Å². The fourth-order valence-corrected chi connectivity index (χ4v) is 4.72. The second-order valence-corrected chi connectivity index (χ2v) is 9.72. The number of H-pyrrole nitrogens is 1. The van der Waals surface area contributed by atoms with E-state index >= 15 is 0 Å². The van der Waals surface area contributed by atoms with Crippen LogP contribution in [0.1, 0.15) is 26.7 Å². The van der Waals surface area contributed by atoms with Crippen molar-refractivity contribution >= 4 is 19.6 Å². The molecule has 2 aromatic rings. The number of ether oxygens (including phenoxy) is 2. The van der Waals surface area contributed by atoms with Crippen molar-refractivity contribution < 1.29 is 33.0 Å². The first-order chi connectivity index (χ1) is 18.2. The van der Waals surface area contributed by atoms with Gasteiger partial charge >= 0.3 is 19.4 Å². The molecule has 4 atom stereocenters. The molecular formula is C22H27N6O9P. The molecule has 0 spiro atoms. The lowest BCUT2D eigenvalue weighted by Crippen LogP contribution is -2.37. The van der Waals surface area contributed by atoms with Crippen molar-refractivity contribution in [2.45, 2.75) is 44.9 Å². The summed E-state index contributed by atoms with van der Waals surface area (Å²) in [6.07, 6.45) is -0.384. The molecule has 0 fully saturated rings. The Bertz CT molecular complexity index is 1370. The van der Waals surface area contributed by atoms with Gasteiger partial charge in [0.2, 0.25) is 5.88 Å². The highest BCUT2D eigenvalue weighted by Crippen LogP contribution is 2.46. The number of aliphatic hydroxyl groups is 1. The third-order valence-electron chi connectivity index (χ3n) is 5.13. The van der Waals surface area contributed by atoms with Crippen LogP contribution in [0.5, 0.6) is 5.75 Å². The number of nitrogens with zero attached hydrogens (tertiary/aromatic N) is 4. The molecule has 1 aromatic heterocycles. The fraction of sp³-hybridized carbons (Fsp3) is 0.409. The van der Waals surface area contributed by atoms with E-state index < -0.39 is 49.8 Å². The highest BCUT2D eigenvalue weighted by atomic mass is 31.2.